The molecule has 1 heterocycles. The topological polar surface area (TPSA) is 30.3 Å². The third-order valence-electron chi connectivity index (χ3n) is 9.76. The first-order valence-corrected chi connectivity index (χ1v) is 16.3. The van der Waals surface area contributed by atoms with Gasteiger partial charge in [0, 0.05) is 29.0 Å². The van der Waals surface area contributed by atoms with Crippen molar-refractivity contribution in [3.05, 3.63) is 163 Å². The Morgan fingerprint density at radius 2 is 1.26 bits per heavy atom. The van der Waals surface area contributed by atoms with E-state index in [1.54, 1.807) is 0 Å². The normalized spacial score (nSPS) is 12.8. The molecule has 0 saturated heterocycles. The maximum atomic E-state index is 10.1. The van der Waals surface area contributed by atoms with Gasteiger partial charge in [0.05, 0.1) is 16.9 Å². The number of aryl methyl sites for hydroxylation is 1. The molecule has 222 valence electrons. The van der Waals surface area contributed by atoms with Crippen LogP contribution in [-0.4, -0.2) is 6.54 Å². The van der Waals surface area contributed by atoms with E-state index in [9.17, 15) is 5.26 Å². The molecule has 47 heavy (non-hydrogen) atoms. The van der Waals surface area contributed by atoms with Crippen LogP contribution in [0.25, 0.3) is 43.4 Å². The maximum Gasteiger partial charge on any atom is 0.101 e. The van der Waals surface area contributed by atoms with Crippen molar-refractivity contribution < 1.29 is 0 Å². The van der Waals surface area contributed by atoms with E-state index in [4.69, 9.17) is 0 Å². The minimum absolute atomic E-state index is 0.640. The molecule has 9 rings (SSSR count). The van der Waals surface area contributed by atoms with E-state index in [-0.39, 0.29) is 0 Å². The summed E-state index contributed by atoms with van der Waals surface area (Å²) < 4.78 is 0. The third-order valence-corrected chi connectivity index (χ3v) is 9.76. The highest BCUT2D eigenvalue weighted by atomic mass is 15.1. The molecule has 0 aromatic heterocycles. The highest BCUT2D eigenvalue weighted by molar-refractivity contribution is 6.27. The molecule has 8 aromatic rings. The number of hydrogen-bond donors (Lipinski definition) is 0. The van der Waals surface area contributed by atoms with Gasteiger partial charge in [-0.15, -0.1) is 0 Å². The Hall–Kier alpha value is -6.11. The molecule has 1 aliphatic heterocycles. The zero-order valence-electron chi connectivity index (χ0n) is 25.9. The molecule has 8 aromatic carbocycles. The lowest BCUT2D eigenvalue weighted by Crippen LogP contribution is -2.24. The number of para-hydroxylation sites is 3. The van der Waals surface area contributed by atoms with Gasteiger partial charge in [0.15, 0.2) is 0 Å². The molecule has 0 amide bonds. The molecule has 3 heteroatoms. The highest BCUT2D eigenvalue weighted by Gasteiger charge is 2.22. The molecule has 0 atom stereocenters. The van der Waals surface area contributed by atoms with Gasteiger partial charge in [0.25, 0.3) is 0 Å². The third kappa shape index (κ3) is 4.42. The van der Waals surface area contributed by atoms with Crippen molar-refractivity contribution in [2.75, 3.05) is 16.3 Å². The van der Waals surface area contributed by atoms with E-state index in [0.29, 0.717) is 5.56 Å². The van der Waals surface area contributed by atoms with Gasteiger partial charge >= 0.3 is 0 Å². The molecule has 0 N–H and O–H groups in total. The molecule has 1 aliphatic rings. The Balaban J connectivity index is 1.21. The number of nitriles is 1. The van der Waals surface area contributed by atoms with Crippen LogP contribution in [0, 0.1) is 11.3 Å². The van der Waals surface area contributed by atoms with Crippen LogP contribution in [0.3, 0.4) is 0 Å². The quantitative estimate of drug-likeness (QED) is 0.184. The van der Waals surface area contributed by atoms with Gasteiger partial charge in [0.1, 0.15) is 6.07 Å². The van der Waals surface area contributed by atoms with Crippen LogP contribution in [-0.2, 0) is 6.42 Å². The van der Waals surface area contributed by atoms with Gasteiger partial charge in [-0.05, 0) is 105 Å². The average molecular weight is 602 g/mol. The Morgan fingerprint density at radius 1 is 0.574 bits per heavy atom. The summed E-state index contributed by atoms with van der Waals surface area (Å²) in [6, 6.07) is 56.5. The van der Waals surface area contributed by atoms with E-state index < -0.39 is 0 Å². The van der Waals surface area contributed by atoms with E-state index in [0.717, 1.165) is 35.4 Å². The van der Waals surface area contributed by atoms with Gasteiger partial charge in [-0.2, -0.15) is 5.26 Å². The standard InChI is InChI=1S/C44H31N3/c45-29-34-10-5-7-15-41(34)47(36-12-2-1-3-13-36)42-27-21-33-19-25-38-37(24-18-32-20-26-39(42)44(33)43(32)38)30-16-22-35(23-17-30)46-28-8-11-31-9-4-6-14-40(31)46/h1-7,9-10,12-27H,8,11,28H2. The molecular weight excluding hydrogens is 571 g/mol. The number of nitrogens with zero attached hydrogens (tertiary/aromatic N) is 3. The molecule has 0 bridgehead atoms. The number of hydrogen-bond acceptors (Lipinski definition) is 3. The van der Waals surface area contributed by atoms with E-state index in [1.165, 1.54) is 61.4 Å². The predicted molar refractivity (Wildman–Crippen MR) is 197 cm³/mol. The monoisotopic (exact) mass is 601 g/mol. The first-order chi connectivity index (χ1) is 23.3. The number of benzene rings is 8. The second-order valence-electron chi connectivity index (χ2n) is 12.4. The summed E-state index contributed by atoms with van der Waals surface area (Å²) in [4.78, 5) is 4.68. The van der Waals surface area contributed by atoms with E-state index in [2.05, 4.69) is 137 Å². The van der Waals surface area contributed by atoms with Crippen LogP contribution < -0.4 is 9.80 Å². The first kappa shape index (κ1) is 27.2. The van der Waals surface area contributed by atoms with Crippen LogP contribution in [0.5, 0.6) is 0 Å². The highest BCUT2D eigenvalue weighted by Crippen LogP contribution is 2.46. The minimum atomic E-state index is 0.640. The fourth-order valence-corrected chi connectivity index (χ4v) is 7.60. The summed E-state index contributed by atoms with van der Waals surface area (Å²) in [5.74, 6) is 0. The first-order valence-electron chi connectivity index (χ1n) is 16.3. The van der Waals surface area contributed by atoms with Crippen molar-refractivity contribution in [1.82, 2.24) is 0 Å². The Labute approximate surface area is 274 Å². The van der Waals surface area contributed by atoms with Gasteiger partial charge in [-0.25, -0.2) is 0 Å². The van der Waals surface area contributed by atoms with Crippen LogP contribution >= 0.6 is 0 Å². The fourth-order valence-electron chi connectivity index (χ4n) is 7.60. The predicted octanol–water partition coefficient (Wildman–Crippen LogP) is 11.7. The van der Waals surface area contributed by atoms with Crippen LogP contribution in [0.1, 0.15) is 17.5 Å². The summed E-state index contributed by atoms with van der Waals surface area (Å²) >= 11 is 0. The molecule has 0 radical (unpaired) electrons. The average Bonchev–Trinajstić information content (AvgIpc) is 3.15. The summed E-state index contributed by atoms with van der Waals surface area (Å²) in [5, 5.41) is 17.5. The van der Waals surface area contributed by atoms with Gasteiger partial charge in [-0.3, -0.25) is 0 Å². The van der Waals surface area contributed by atoms with Crippen molar-refractivity contribution in [2.45, 2.75) is 12.8 Å². The Kier molecular flexibility index (Phi) is 6.40. The van der Waals surface area contributed by atoms with Gasteiger partial charge in [-0.1, -0.05) is 103 Å². The number of anilines is 5. The van der Waals surface area contributed by atoms with Crippen molar-refractivity contribution in [2.24, 2.45) is 0 Å². The van der Waals surface area contributed by atoms with Crippen molar-refractivity contribution >= 4 is 60.8 Å². The molecule has 0 spiro atoms. The largest absolute Gasteiger partial charge is 0.341 e. The summed E-state index contributed by atoms with van der Waals surface area (Å²) in [6.07, 6.45) is 2.31. The van der Waals surface area contributed by atoms with E-state index >= 15 is 0 Å². The summed E-state index contributed by atoms with van der Waals surface area (Å²) in [6.45, 7) is 1.04. The van der Waals surface area contributed by atoms with Crippen LogP contribution in [0.4, 0.5) is 28.4 Å². The second-order valence-corrected chi connectivity index (χ2v) is 12.4. The second kappa shape index (κ2) is 11.1. The SMILES string of the molecule is N#Cc1ccccc1N(c1ccccc1)c1ccc2ccc3c(-c4ccc(N5CCCc6ccccc65)cc4)ccc4ccc1c2c43. The molecular formula is C44H31N3. The Morgan fingerprint density at radius 3 is 2.09 bits per heavy atom. The molecule has 0 unspecified atom stereocenters. The number of fused-ring (bicyclic) bond motifs is 1. The zero-order valence-corrected chi connectivity index (χ0v) is 25.9. The fraction of sp³-hybridized carbons (Fsp3) is 0.0682. The van der Waals surface area contributed by atoms with E-state index in [1.807, 2.05) is 30.3 Å². The van der Waals surface area contributed by atoms with Gasteiger partial charge < -0.3 is 9.80 Å². The maximum absolute atomic E-state index is 10.1. The number of rotatable bonds is 5. The van der Waals surface area contributed by atoms with Crippen molar-refractivity contribution in [1.29, 1.82) is 5.26 Å². The van der Waals surface area contributed by atoms with Gasteiger partial charge in [0.2, 0.25) is 0 Å². The van der Waals surface area contributed by atoms with Crippen molar-refractivity contribution in [3.63, 3.8) is 0 Å². The lowest BCUT2D eigenvalue weighted by molar-refractivity contribution is 0.767. The molecule has 0 fully saturated rings. The smallest absolute Gasteiger partial charge is 0.101 e. The molecule has 0 saturated carbocycles. The Bertz CT molecular complexity index is 2460. The van der Waals surface area contributed by atoms with Crippen LogP contribution in [0.2, 0.25) is 0 Å². The lowest BCUT2D eigenvalue weighted by Gasteiger charge is -2.31. The molecule has 0 aliphatic carbocycles. The minimum Gasteiger partial charge on any atom is -0.341 e. The lowest BCUT2D eigenvalue weighted by atomic mass is 9.89. The van der Waals surface area contributed by atoms with Crippen LogP contribution in [0.15, 0.2) is 152 Å². The summed E-state index contributed by atoms with van der Waals surface area (Å²) in [5.41, 5.74) is 10.0. The summed E-state index contributed by atoms with van der Waals surface area (Å²) in [7, 11) is 0. The molecule has 3 nitrogen and oxygen atoms in total. The zero-order chi connectivity index (χ0) is 31.3. The van der Waals surface area contributed by atoms with Crippen molar-refractivity contribution in [3.8, 4) is 17.2 Å².